The monoisotopic (exact) mass is 556 g/mol. The summed E-state index contributed by atoms with van der Waals surface area (Å²) < 4.78 is 22.5. The SMILES string of the molecule is CCCCCCCCCCCCCCOc1ccccc1CC(COP(O)OCCC[NH2+]C)OC(=O)CC. The number of para-hydroxylation sites is 1. The van der Waals surface area contributed by atoms with Crippen LogP contribution in [0.5, 0.6) is 5.75 Å². The molecule has 0 aliphatic rings. The number of esters is 1. The smallest absolute Gasteiger partial charge is 0.329 e. The Hall–Kier alpha value is -1.24. The molecule has 0 fully saturated rings. The predicted molar refractivity (Wildman–Crippen MR) is 155 cm³/mol. The minimum Gasteiger partial charge on any atom is -0.493 e. The molecule has 3 N–H and O–H groups in total. The van der Waals surface area contributed by atoms with Gasteiger partial charge in [0.1, 0.15) is 11.9 Å². The third-order valence-corrected chi connectivity index (χ3v) is 7.25. The van der Waals surface area contributed by atoms with Crippen molar-refractivity contribution in [2.75, 3.05) is 33.4 Å². The highest BCUT2D eigenvalue weighted by atomic mass is 31.2. The highest BCUT2D eigenvalue weighted by Gasteiger charge is 2.20. The third-order valence-electron chi connectivity index (χ3n) is 6.47. The van der Waals surface area contributed by atoms with Crippen molar-refractivity contribution in [2.24, 2.45) is 0 Å². The van der Waals surface area contributed by atoms with Gasteiger partial charge in [-0.2, -0.15) is 0 Å². The zero-order chi connectivity index (χ0) is 27.7. The number of carbonyl (C=O) groups excluding carboxylic acids is 1. The van der Waals surface area contributed by atoms with Crippen LogP contribution in [-0.2, 0) is 25.0 Å². The van der Waals surface area contributed by atoms with Crippen LogP contribution in [0.1, 0.15) is 109 Å². The van der Waals surface area contributed by atoms with Crippen LogP contribution in [0.2, 0.25) is 0 Å². The molecule has 7 nitrogen and oxygen atoms in total. The van der Waals surface area contributed by atoms with Gasteiger partial charge in [-0.05, 0) is 18.1 Å². The van der Waals surface area contributed by atoms with Crippen LogP contribution in [0.4, 0.5) is 0 Å². The minimum atomic E-state index is -2.00. The predicted octanol–water partition coefficient (Wildman–Crippen LogP) is 6.47. The lowest BCUT2D eigenvalue weighted by Gasteiger charge is -2.20. The standard InChI is InChI=1S/C30H54NO6P/c1-4-6-7-8-9-10-11-12-13-14-15-18-23-34-29-21-17-16-20-27(29)25-28(37-30(32)5-2)26-36-38(33)35-24-19-22-31-3/h16-17,20-21,28,31,33H,4-15,18-19,22-26H2,1-3H3/p+1. The first-order valence-electron chi connectivity index (χ1n) is 15.0. The molecule has 220 valence electrons. The molecule has 1 rings (SSSR count). The lowest BCUT2D eigenvalue weighted by Crippen LogP contribution is -2.79. The number of unbranched alkanes of at least 4 members (excludes halogenated alkanes) is 11. The van der Waals surface area contributed by atoms with Crippen LogP contribution in [0.25, 0.3) is 0 Å². The summed E-state index contributed by atoms with van der Waals surface area (Å²) in [6.45, 7) is 6.13. The van der Waals surface area contributed by atoms with Crippen LogP contribution >= 0.6 is 8.60 Å². The molecule has 38 heavy (non-hydrogen) atoms. The van der Waals surface area contributed by atoms with Crippen molar-refractivity contribution in [2.45, 2.75) is 116 Å². The molecule has 0 spiro atoms. The van der Waals surface area contributed by atoms with E-state index < -0.39 is 14.7 Å². The summed E-state index contributed by atoms with van der Waals surface area (Å²) in [5.41, 5.74) is 0.964. The highest BCUT2D eigenvalue weighted by molar-refractivity contribution is 7.40. The first kappa shape index (κ1) is 34.8. The Bertz CT molecular complexity index is 692. The van der Waals surface area contributed by atoms with Crippen molar-refractivity contribution in [3.63, 3.8) is 0 Å². The number of rotatable bonds is 26. The van der Waals surface area contributed by atoms with Gasteiger partial charge in [-0.25, -0.2) is 0 Å². The van der Waals surface area contributed by atoms with E-state index in [2.05, 4.69) is 12.2 Å². The van der Waals surface area contributed by atoms with E-state index in [4.69, 9.17) is 18.5 Å². The van der Waals surface area contributed by atoms with Crippen LogP contribution < -0.4 is 10.1 Å². The normalized spacial score (nSPS) is 12.8. The third kappa shape index (κ3) is 18.9. The van der Waals surface area contributed by atoms with Gasteiger partial charge in [-0.3, -0.25) is 4.79 Å². The first-order chi connectivity index (χ1) is 18.6. The summed E-state index contributed by atoms with van der Waals surface area (Å²) >= 11 is 0. The quantitative estimate of drug-likeness (QED) is 0.0773. The molecule has 0 amide bonds. The van der Waals surface area contributed by atoms with Crippen LogP contribution in [0, 0.1) is 0 Å². The van der Waals surface area contributed by atoms with Crippen molar-refractivity contribution in [1.29, 1.82) is 0 Å². The number of benzene rings is 1. The Labute approximate surface area is 233 Å². The number of hydrogen-bond acceptors (Lipinski definition) is 6. The fourth-order valence-corrected chi connectivity index (χ4v) is 4.86. The summed E-state index contributed by atoms with van der Waals surface area (Å²) in [5, 5.41) is 2.06. The molecule has 2 atom stereocenters. The molecule has 1 aromatic rings. The molecule has 1 aromatic carbocycles. The molecule has 0 aromatic heterocycles. The van der Waals surface area contributed by atoms with Gasteiger partial charge in [-0.15, -0.1) is 0 Å². The average Bonchev–Trinajstić information content (AvgIpc) is 2.93. The molecular weight excluding hydrogens is 501 g/mol. The van der Waals surface area contributed by atoms with Gasteiger partial charge in [0.15, 0.2) is 0 Å². The minimum absolute atomic E-state index is 0.0704. The van der Waals surface area contributed by atoms with Crippen molar-refractivity contribution in [1.82, 2.24) is 0 Å². The van der Waals surface area contributed by atoms with Gasteiger partial charge in [0, 0.05) is 19.3 Å². The molecule has 0 aliphatic carbocycles. The van der Waals surface area contributed by atoms with Gasteiger partial charge in [0.05, 0.1) is 33.4 Å². The van der Waals surface area contributed by atoms with Crippen LogP contribution in [-0.4, -0.2) is 50.4 Å². The number of hydrogen-bond donors (Lipinski definition) is 2. The zero-order valence-corrected chi connectivity index (χ0v) is 25.2. The number of quaternary nitrogens is 1. The lowest BCUT2D eigenvalue weighted by molar-refractivity contribution is -0.627. The summed E-state index contributed by atoms with van der Waals surface area (Å²) in [6, 6.07) is 7.86. The molecule has 0 radical (unpaired) electrons. The fraction of sp³-hybridized carbons (Fsp3) is 0.767. The Kier molecular flexibility index (Phi) is 22.7. The Morgan fingerprint density at radius 3 is 2.13 bits per heavy atom. The van der Waals surface area contributed by atoms with E-state index in [1.807, 2.05) is 31.3 Å². The maximum atomic E-state index is 12.0. The number of nitrogens with two attached hydrogens (primary N) is 1. The van der Waals surface area contributed by atoms with E-state index in [1.165, 1.54) is 70.6 Å². The molecule has 2 unspecified atom stereocenters. The van der Waals surface area contributed by atoms with E-state index >= 15 is 0 Å². The van der Waals surface area contributed by atoms with E-state index in [9.17, 15) is 9.69 Å². The van der Waals surface area contributed by atoms with Gasteiger partial charge >= 0.3 is 14.6 Å². The molecule has 0 heterocycles. The maximum absolute atomic E-state index is 12.0. The second-order valence-corrected chi connectivity index (χ2v) is 10.9. The topological polar surface area (TPSA) is 90.8 Å². The van der Waals surface area contributed by atoms with Crippen molar-refractivity contribution in [3.05, 3.63) is 29.8 Å². The van der Waals surface area contributed by atoms with E-state index in [0.29, 0.717) is 19.6 Å². The lowest BCUT2D eigenvalue weighted by atomic mass is 10.1. The van der Waals surface area contributed by atoms with E-state index in [1.54, 1.807) is 6.92 Å². The van der Waals surface area contributed by atoms with Crippen molar-refractivity contribution >= 4 is 14.6 Å². The Balaban J connectivity index is 2.36. The summed E-state index contributed by atoms with van der Waals surface area (Å²) in [5.74, 6) is 0.515. The largest absolute Gasteiger partial charge is 0.493 e. The molecule has 0 aliphatic heterocycles. The van der Waals surface area contributed by atoms with Crippen molar-refractivity contribution < 1.29 is 33.5 Å². The Morgan fingerprint density at radius 2 is 1.50 bits per heavy atom. The second-order valence-electron chi connectivity index (χ2n) is 9.93. The van der Waals surface area contributed by atoms with Gasteiger partial charge < -0.3 is 28.7 Å². The van der Waals surface area contributed by atoms with Crippen LogP contribution in [0.3, 0.4) is 0 Å². The van der Waals surface area contributed by atoms with Gasteiger partial charge in [0.25, 0.3) is 0 Å². The van der Waals surface area contributed by atoms with E-state index in [0.717, 1.165) is 30.7 Å². The number of ether oxygens (including phenoxy) is 2. The molecule has 8 heteroatoms. The molecule has 0 bridgehead atoms. The summed E-state index contributed by atoms with van der Waals surface area (Å²) in [6.07, 6.45) is 16.8. The second kappa shape index (κ2) is 24.8. The van der Waals surface area contributed by atoms with Crippen molar-refractivity contribution in [3.8, 4) is 5.75 Å². The fourth-order valence-electron chi connectivity index (χ4n) is 4.20. The maximum Gasteiger partial charge on any atom is 0.329 e. The van der Waals surface area contributed by atoms with Gasteiger partial charge in [0.2, 0.25) is 0 Å². The van der Waals surface area contributed by atoms with E-state index in [-0.39, 0.29) is 19.0 Å². The summed E-state index contributed by atoms with van der Waals surface area (Å²) in [7, 11) is -0.0107. The Morgan fingerprint density at radius 1 is 0.868 bits per heavy atom. The van der Waals surface area contributed by atoms with Gasteiger partial charge in [-0.1, -0.05) is 103 Å². The zero-order valence-electron chi connectivity index (χ0n) is 24.3. The highest BCUT2D eigenvalue weighted by Crippen LogP contribution is 2.33. The van der Waals surface area contributed by atoms with Crippen LogP contribution in [0.15, 0.2) is 24.3 Å². The number of carbonyl (C=O) groups is 1. The molecule has 0 saturated carbocycles. The molecule has 0 saturated heterocycles. The average molecular weight is 557 g/mol. The summed E-state index contributed by atoms with van der Waals surface area (Å²) in [4.78, 5) is 22.0. The molecular formula is C30H55NO6P+. The first-order valence-corrected chi connectivity index (χ1v) is 16.2.